The van der Waals surface area contributed by atoms with Crippen molar-refractivity contribution in [2.24, 2.45) is 0 Å². The molecule has 6 heteroatoms. The highest BCUT2D eigenvalue weighted by atomic mass is 16.5. The highest BCUT2D eigenvalue weighted by molar-refractivity contribution is 6.27. The van der Waals surface area contributed by atoms with Crippen molar-refractivity contribution in [2.45, 2.75) is 71.1 Å². The number of rotatable bonds is 14. The predicted molar refractivity (Wildman–Crippen MR) is 137 cm³/mol. The second-order valence-corrected chi connectivity index (χ2v) is 8.81. The third-order valence-electron chi connectivity index (χ3n) is 6.03. The van der Waals surface area contributed by atoms with Crippen LogP contribution in [0.2, 0.25) is 0 Å². The van der Waals surface area contributed by atoms with Gasteiger partial charge < -0.3 is 14.8 Å². The summed E-state index contributed by atoms with van der Waals surface area (Å²) in [5.41, 5.74) is 1.35. The van der Waals surface area contributed by atoms with Crippen LogP contribution in [0.15, 0.2) is 60.3 Å². The van der Waals surface area contributed by atoms with Crippen LogP contribution in [-0.4, -0.2) is 24.3 Å². The number of unbranched alkanes of at least 4 members (excludes halogenated alkanes) is 9. The number of anilines is 1. The summed E-state index contributed by atoms with van der Waals surface area (Å²) in [4.78, 5) is 37.0. The zero-order valence-corrected chi connectivity index (χ0v) is 20.5. The molecular weight excluding hydrogens is 442 g/mol. The molecule has 0 fully saturated rings. The summed E-state index contributed by atoms with van der Waals surface area (Å²) >= 11 is 0. The predicted octanol–water partition coefficient (Wildman–Crippen LogP) is 6.86. The van der Waals surface area contributed by atoms with E-state index in [1.807, 2.05) is 0 Å². The number of Topliss-reactive ketones (excluding diaryl/α,β-unsaturated/α-hetero) is 1. The number of fused-ring (bicyclic) bond motifs is 1. The van der Waals surface area contributed by atoms with Crippen LogP contribution >= 0.6 is 0 Å². The first kappa shape index (κ1) is 26.2. The first-order valence-corrected chi connectivity index (χ1v) is 12.7. The number of benzene rings is 2. The molecule has 0 unspecified atom stereocenters. The average molecular weight is 478 g/mol. The SMILES string of the molecule is CCCCCCCCCCCCOC(=O)c1ccc(NC=C2C(=O)Oc3ccccc3C2=O)cc1. The molecule has 0 saturated heterocycles. The zero-order chi connectivity index (χ0) is 24.9. The minimum absolute atomic E-state index is 0.0799. The quantitative estimate of drug-likeness (QED) is 0.105. The molecule has 1 heterocycles. The van der Waals surface area contributed by atoms with Crippen LogP contribution in [0.25, 0.3) is 0 Å². The van der Waals surface area contributed by atoms with Gasteiger partial charge in [-0.15, -0.1) is 0 Å². The second-order valence-electron chi connectivity index (χ2n) is 8.81. The molecule has 0 aliphatic carbocycles. The van der Waals surface area contributed by atoms with Crippen molar-refractivity contribution in [1.82, 2.24) is 0 Å². The molecule has 2 aromatic carbocycles. The molecule has 1 aliphatic rings. The number of hydrogen-bond donors (Lipinski definition) is 1. The molecule has 1 aliphatic heterocycles. The summed E-state index contributed by atoms with van der Waals surface area (Å²) in [5, 5.41) is 2.93. The maximum atomic E-state index is 12.6. The normalized spacial score (nSPS) is 13.9. The fourth-order valence-electron chi connectivity index (χ4n) is 3.96. The van der Waals surface area contributed by atoms with E-state index in [9.17, 15) is 14.4 Å². The Morgan fingerprint density at radius 2 is 1.49 bits per heavy atom. The van der Waals surface area contributed by atoms with Gasteiger partial charge in [0.1, 0.15) is 11.3 Å². The van der Waals surface area contributed by atoms with E-state index >= 15 is 0 Å². The first-order valence-electron chi connectivity index (χ1n) is 12.7. The monoisotopic (exact) mass is 477 g/mol. The minimum atomic E-state index is -0.701. The van der Waals surface area contributed by atoms with Crippen molar-refractivity contribution in [1.29, 1.82) is 0 Å². The number of carbonyl (C=O) groups is 3. The van der Waals surface area contributed by atoms with Crippen LogP contribution in [0.5, 0.6) is 5.75 Å². The molecule has 0 spiro atoms. The Morgan fingerprint density at radius 1 is 0.857 bits per heavy atom. The molecular formula is C29H35NO5. The summed E-state index contributed by atoms with van der Waals surface area (Å²) in [7, 11) is 0. The largest absolute Gasteiger partial charge is 0.462 e. The fourth-order valence-corrected chi connectivity index (χ4v) is 3.96. The Balaban J connectivity index is 1.36. The molecule has 35 heavy (non-hydrogen) atoms. The number of para-hydroxylation sites is 1. The average Bonchev–Trinajstić information content (AvgIpc) is 2.87. The number of carbonyl (C=O) groups excluding carboxylic acids is 3. The molecule has 3 rings (SSSR count). The third kappa shape index (κ3) is 8.09. The molecule has 0 radical (unpaired) electrons. The van der Waals surface area contributed by atoms with Crippen LogP contribution in [0.3, 0.4) is 0 Å². The highest BCUT2D eigenvalue weighted by Crippen LogP contribution is 2.27. The van der Waals surface area contributed by atoms with Crippen molar-refractivity contribution in [2.75, 3.05) is 11.9 Å². The Morgan fingerprint density at radius 3 is 2.17 bits per heavy atom. The van der Waals surface area contributed by atoms with Gasteiger partial charge in [0, 0.05) is 11.9 Å². The third-order valence-corrected chi connectivity index (χ3v) is 6.03. The van der Waals surface area contributed by atoms with Gasteiger partial charge in [-0.25, -0.2) is 9.59 Å². The van der Waals surface area contributed by atoms with Gasteiger partial charge in [-0.1, -0.05) is 76.8 Å². The van der Waals surface area contributed by atoms with Gasteiger partial charge in [-0.3, -0.25) is 4.79 Å². The Labute approximate surface area is 207 Å². The van der Waals surface area contributed by atoms with E-state index in [2.05, 4.69) is 12.2 Å². The van der Waals surface area contributed by atoms with Crippen LogP contribution < -0.4 is 10.1 Å². The Hall–Kier alpha value is -3.41. The van der Waals surface area contributed by atoms with Crippen LogP contribution in [0.4, 0.5) is 5.69 Å². The number of ether oxygens (including phenoxy) is 2. The van der Waals surface area contributed by atoms with Crippen molar-refractivity contribution < 1.29 is 23.9 Å². The molecule has 6 nitrogen and oxygen atoms in total. The zero-order valence-electron chi connectivity index (χ0n) is 20.5. The van der Waals surface area contributed by atoms with E-state index in [4.69, 9.17) is 9.47 Å². The molecule has 0 aromatic heterocycles. The van der Waals surface area contributed by atoms with E-state index in [-0.39, 0.29) is 17.3 Å². The fraction of sp³-hybridized carbons (Fsp3) is 0.414. The smallest absolute Gasteiger partial charge is 0.349 e. The minimum Gasteiger partial charge on any atom is -0.462 e. The second kappa shape index (κ2) is 14.1. The van der Waals surface area contributed by atoms with Gasteiger partial charge in [0.2, 0.25) is 5.78 Å². The molecule has 2 aromatic rings. The summed E-state index contributed by atoms with van der Waals surface area (Å²) in [6, 6.07) is 13.3. The molecule has 1 N–H and O–H groups in total. The van der Waals surface area contributed by atoms with Crippen molar-refractivity contribution in [3.63, 3.8) is 0 Å². The lowest BCUT2D eigenvalue weighted by molar-refractivity contribution is -0.130. The van der Waals surface area contributed by atoms with E-state index in [1.165, 1.54) is 57.6 Å². The summed E-state index contributed by atoms with van der Waals surface area (Å²) in [6.45, 7) is 2.66. The van der Waals surface area contributed by atoms with Gasteiger partial charge >= 0.3 is 11.9 Å². The lowest BCUT2D eigenvalue weighted by Gasteiger charge is -2.16. The van der Waals surface area contributed by atoms with Crippen molar-refractivity contribution in [3.05, 3.63) is 71.4 Å². The van der Waals surface area contributed by atoms with Gasteiger partial charge in [0.25, 0.3) is 0 Å². The molecule has 0 bridgehead atoms. The number of ketones is 1. The highest BCUT2D eigenvalue weighted by Gasteiger charge is 2.30. The van der Waals surface area contributed by atoms with E-state index in [0.29, 0.717) is 23.4 Å². The van der Waals surface area contributed by atoms with Crippen molar-refractivity contribution >= 4 is 23.4 Å². The molecule has 0 amide bonds. The summed E-state index contributed by atoms with van der Waals surface area (Å²) in [6.07, 6.45) is 13.7. The van der Waals surface area contributed by atoms with Crippen molar-refractivity contribution in [3.8, 4) is 5.75 Å². The van der Waals surface area contributed by atoms with E-state index in [1.54, 1.807) is 48.5 Å². The number of hydrogen-bond acceptors (Lipinski definition) is 6. The molecule has 0 saturated carbocycles. The standard InChI is InChI=1S/C29H35NO5/c1-2-3-4-5-6-7-8-9-10-13-20-34-28(32)22-16-18-23(19-17-22)30-21-25-27(31)24-14-11-12-15-26(24)35-29(25)33/h11-12,14-19,21,30H,2-10,13,20H2,1H3. The van der Waals surface area contributed by atoms with Gasteiger partial charge in [-0.05, 0) is 42.8 Å². The summed E-state index contributed by atoms with van der Waals surface area (Å²) < 4.78 is 10.6. The Bertz CT molecular complexity index is 1030. The van der Waals surface area contributed by atoms with Gasteiger partial charge in [-0.2, -0.15) is 0 Å². The molecule has 0 atom stereocenters. The van der Waals surface area contributed by atoms with Crippen LogP contribution in [0, 0.1) is 0 Å². The molecule has 186 valence electrons. The van der Waals surface area contributed by atoms with Crippen LogP contribution in [0.1, 0.15) is 91.8 Å². The number of esters is 2. The van der Waals surface area contributed by atoms with Gasteiger partial charge in [0.15, 0.2) is 0 Å². The summed E-state index contributed by atoms with van der Waals surface area (Å²) in [5.74, 6) is -1.18. The maximum Gasteiger partial charge on any atom is 0.349 e. The number of nitrogens with one attached hydrogen (secondary N) is 1. The van der Waals surface area contributed by atoms with Crippen LogP contribution in [-0.2, 0) is 9.53 Å². The first-order chi connectivity index (χ1) is 17.1. The topological polar surface area (TPSA) is 81.7 Å². The lowest BCUT2D eigenvalue weighted by Crippen LogP contribution is -2.25. The van der Waals surface area contributed by atoms with E-state index in [0.717, 1.165) is 12.8 Å². The van der Waals surface area contributed by atoms with Gasteiger partial charge in [0.05, 0.1) is 17.7 Å². The Kier molecular flexibility index (Phi) is 10.6. The maximum absolute atomic E-state index is 12.6. The lowest BCUT2D eigenvalue weighted by atomic mass is 10.0. The van der Waals surface area contributed by atoms with E-state index < -0.39 is 11.8 Å².